The lowest BCUT2D eigenvalue weighted by molar-refractivity contribution is -0.163. The Balaban J connectivity index is 1.37. The van der Waals surface area contributed by atoms with E-state index in [0.717, 1.165) is 0 Å². The lowest BCUT2D eigenvalue weighted by Gasteiger charge is -2.46. The van der Waals surface area contributed by atoms with Gasteiger partial charge in [0, 0.05) is 41.7 Å². The molecule has 0 aliphatic carbocycles. The van der Waals surface area contributed by atoms with Crippen molar-refractivity contribution in [2.24, 2.45) is 28.3 Å². The number of likely N-dealkylation sites (N-methyl/N-ethyl adjacent to an activating group) is 1. The first-order chi connectivity index (χ1) is 17.4. The average Bonchev–Trinajstić information content (AvgIpc) is 3.48. The molecule has 3 saturated heterocycles. The summed E-state index contributed by atoms with van der Waals surface area (Å²) in [5.41, 5.74) is 10.5. The molecule has 4 aliphatic heterocycles. The van der Waals surface area contributed by atoms with Gasteiger partial charge in [-0.25, -0.2) is 9.79 Å². The van der Waals surface area contributed by atoms with Gasteiger partial charge in [0.1, 0.15) is 12.2 Å². The number of likely N-dealkylation sites (tertiary alicyclic amines) is 2. The number of amides is 3. The number of aliphatic imine (C=N–C) groups is 1. The molecule has 4 aliphatic rings. The molecule has 0 unspecified atom stereocenters. The first-order valence-corrected chi connectivity index (χ1v) is 13.3. The van der Waals surface area contributed by atoms with E-state index in [1.54, 1.807) is 11.8 Å². The minimum absolute atomic E-state index is 0.000632. The number of hydrogen-bond donors (Lipinski definition) is 5. The van der Waals surface area contributed by atoms with Crippen LogP contribution in [0.4, 0.5) is 0 Å². The molecule has 0 radical (unpaired) electrons. The predicted molar refractivity (Wildman–Crippen MR) is 136 cm³/mol. The Morgan fingerprint density at radius 2 is 1.97 bits per heavy atom. The summed E-state index contributed by atoms with van der Waals surface area (Å²) in [5, 5.41) is 22.7. The molecule has 14 heteroatoms. The number of rotatable bonds is 8. The molecule has 0 aromatic rings. The van der Waals surface area contributed by atoms with Gasteiger partial charge in [0.25, 0.3) is 0 Å². The highest BCUT2D eigenvalue weighted by molar-refractivity contribution is 8.03. The fourth-order valence-corrected chi connectivity index (χ4v) is 7.51. The monoisotopic (exact) mass is 537 g/mol. The van der Waals surface area contributed by atoms with Crippen LogP contribution in [0.15, 0.2) is 15.6 Å². The first kappa shape index (κ1) is 27.2. The number of guanidine groups is 1. The number of carbonyl (C=O) groups excluding carboxylic acids is 3. The lowest BCUT2D eigenvalue weighted by atomic mass is 9.79. The number of aliphatic carboxylic acids is 1. The second kappa shape index (κ2) is 10.5. The summed E-state index contributed by atoms with van der Waals surface area (Å²) < 4.78 is 0. The SMILES string of the molecule is C[C@@H](O)[C@H]1C(=O)N2C(C(=O)O)=C(S[C@H]3C[C@@H](C(=O)N4CC[C@H](NC(=O)CN=C(N)N)C4)N(C)C3)[C@H](C)[C@@H]12. The summed E-state index contributed by atoms with van der Waals surface area (Å²) in [6.45, 7) is 4.81. The topological polar surface area (TPSA) is 195 Å². The number of nitrogens with two attached hydrogens (primary N) is 2. The predicted octanol–water partition coefficient (Wildman–Crippen LogP) is -2.06. The number of thioether (sulfide) groups is 1. The van der Waals surface area contributed by atoms with Gasteiger partial charge in [-0.15, -0.1) is 11.8 Å². The van der Waals surface area contributed by atoms with Gasteiger partial charge in [-0.3, -0.25) is 19.3 Å². The molecule has 37 heavy (non-hydrogen) atoms. The number of fused-ring (bicyclic) bond motifs is 1. The van der Waals surface area contributed by atoms with Gasteiger partial charge < -0.3 is 36.8 Å². The molecule has 4 rings (SSSR count). The van der Waals surface area contributed by atoms with E-state index in [2.05, 4.69) is 10.3 Å². The van der Waals surface area contributed by atoms with Crippen molar-refractivity contribution in [1.29, 1.82) is 0 Å². The zero-order chi connectivity index (χ0) is 27.2. The smallest absolute Gasteiger partial charge is 0.353 e. The minimum Gasteiger partial charge on any atom is -0.477 e. The van der Waals surface area contributed by atoms with Crippen LogP contribution in [0.5, 0.6) is 0 Å². The molecule has 7 N–H and O–H groups in total. The van der Waals surface area contributed by atoms with Crippen LogP contribution in [0.1, 0.15) is 26.7 Å². The van der Waals surface area contributed by atoms with Crippen LogP contribution in [0, 0.1) is 11.8 Å². The van der Waals surface area contributed by atoms with E-state index >= 15 is 0 Å². The molecule has 13 nitrogen and oxygen atoms in total. The number of carboxylic acid groups (broad SMARTS) is 1. The number of carbonyl (C=O) groups is 4. The Labute approximate surface area is 219 Å². The molecule has 3 fully saturated rings. The van der Waals surface area contributed by atoms with Gasteiger partial charge in [-0.05, 0) is 26.8 Å². The second-order valence-electron chi connectivity index (χ2n) is 10.3. The summed E-state index contributed by atoms with van der Waals surface area (Å²) >= 11 is 1.43. The molecule has 0 aromatic carbocycles. The van der Waals surface area contributed by atoms with Crippen molar-refractivity contribution in [3.8, 4) is 0 Å². The number of aliphatic hydroxyl groups excluding tert-OH is 1. The van der Waals surface area contributed by atoms with E-state index in [9.17, 15) is 29.4 Å². The Hall–Kier alpha value is -2.84. The van der Waals surface area contributed by atoms with Crippen molar-refractivity contribution in [1.82, 2.24) is 20.0 Å². The highest BCUT2D eigenvalue weighted by Crippen LogP contribution is 2.52. The summed E-state index contributed by atoms with van der Waals surface area (Å²) in [7, 11) is 1.87. The largest absolute Gasteiger partial charge is 0.477 e. The number of aliphatic hydroxyl groups is 1. The van der Waals surface area contributed by atoms with Gasteiger partial charge in [-0.1, -0.05) is 6.92 Å². The van der Waals surface area contributed by atoms with Crippen LogP contribution in [-0.2, 0) is 19.2 Å². The van der Waals surface area contributed by atoms with Crippen LogP contribution in [0.2, 0.25) is 0 Å². The molecular formula is C23H35N7O6S. The van der Waals surface area contributed by atoms with E-state index in [4.69, 9.17) is 11.5 Å². The van der Waals surface area contributed by atoms with Crippen molar-refractivity contribution in [3.63, 3.8) is 0 Å². The van der Waals surface area contributed by atoms with E-state index in [-0.39, 0.29) is 65.2 Å². The van der Waals surface area contributed by atoms with Crippen LogP contribution in [0.3, 0.4) is 0 Å². The molecule has 7 atom stereocenters. The van der Waals surface area contributed by atoms with Crippen molar-refractivity contribution in [3.05, 3.63) is 10.6 Å². The third-order valence-corrected chi connectivity index (χ3v) is 9.16. The van der Waals surface area contributed by atoms with Crippen LogP contribution >= 0.6 is 11.8 Å². The maximum absolute atomic E-state index is 13.3. The lowest BCUT2D eigenvalue weighted by Crippen LogP contribution is -2.63. The number of β-lactam (4-membered cyclic amide) rings is 1. The summed E-state index contributed by atoms with van der Waals surface area (Å²) in [5.74, 6) is -2.82. The van der Waals surface area contributed by atoms with E-state index in [1.807, 2.05) is 18.9 Å². The third kappa shape index (κ3) is 5.14. The average molecular weight is 538 g/mol. The highest BCUT2D eigenvalue weighted by atomic mass is 32.2. The minimum atomic E-state index is -1.15. The van der Waals surface area contributed by atoms with Crippen molar-refractivity contribution >= 4 is 41.4 Å². The first-order valence-electron chi connectivity index (χ1n) is 12.4. The quantitative estimate of drug-likeness (QED) is 0.130. The van der Waals surface area contributed by atoms with Crippen molar-refractivity contribution in [2.75, 3.05) is 33.2 Å². The number of nitrogens with zero attached hydrogens (tertiary/aromatic N) is 4. The summed E-state index contributed by atoms with van der Waals surface area (Å²) in [6, 6.07) is -0.890. The number of hydrogen-bond acceptors (Lipinski definition) is 8. The maximum atomic E-state index is 13.3. The van der Waals surface area contributed by atoms with Crippen molar-refractivity contribution < 1.29 is 29.4 Å². The van der Waals surface area contributed by atoms with Gasteiger partial charge in [0.2, 0.25) is 17.7 Å². The Morgan fingerprint density at radius 1 is 1.27 bits per heavy atom. The standard InChI is InChI=1S/C23H35N7O6S/c1-10-17-16(11(2)31)21(34)30(17)18(22(35)36)19(10)37-13-6-14(28(3)9-13)20(33)29-5-4-12(8-29)27-15(32)7-26-23(24)25/h10-14,16-17,31H,4-9H2,1-3H3,(H,27,32)(H,35,36)(H4,24,25,26)/t10-,11-,12+,13+,14+,16-,17+/m1/s1. The molecule has 204 valence electrons. The molecule has 0 aromatic heterocycles. The zero-order valence-corrected chi connectivity index (χ0v) is 22.0. The molecular weight excluding hydrogens is 502 g/mol. The van der Waals surface area contributed by atoms with E-state index in [1.165, 1.54) is 16.7 Å². The van der Waals surface area contributed by atoms with Crippen LogP contribution < -0.4 is 16.8 Å². The number of carboxylic acids is 1. The molecule has 3 amide bonds. The van der Waals surface area contributed by atoms with Gasteiger partial charge in [0.05, 0.1) is 24.1 Å². The Bertz CT molecular complexity index is 1040. The van der Waals surface area contributed by atoms with E-state index in [0.29, 0.717) is 37.4 Å². The fourth-order valence-electron chi connectivity index (χ4n) is 5.91. The summed E-state index contributed by atoms with van der Waals surface area (Å²) in [6.07, 6.45) is 0.325. The van der Waals surface area contributed by atoms with Gasteiger partial charge in [0.15, 0.2) is 5.96 Å². The van der Waals surface area contributed by atoms with Gasteiger partial charge >= 0.3 is 5.97 Å². The molecule has 0 saturated carbocycles. The second-order valence-corrected chi connectivity index (χ2v) is 11.6. The third-order valence-electron chi connectivity index (χ3n) is 7.67. The summed E-state index contributed by atoms with van der Waals surface area (Å²) in [4.78, 5) is 59.4. The normalized spacial score (nSPS) is 32.3. The van der Waals surface area contributed by atoms with E-state index < -0.39 is 18.0 Å². The molecule has 0 bridgehead atoms. The molecule has 0 spiro atoms. The molecule has 4 heterocycles. The fraction of sp³-hybridized carbons (Fsp3) is 0.696. The zero-order valence-electron chi connectivity index (χ0n) is 21.2. The highest BCUT2D eigenvalue weighted by Gasteiger charge is 2.60. The number of nitrogens with one attached hydrogen (secondary N) is 1. The van der Waals surface area contributed by atoms with Crippen LogP contribution in [0.25, 0.3) is 0 Å². The van der Waals surface area contributed by atoms with Gasteiger partial charge in [-0.2, -0.15) is 0 Å². The maximum Gasteiger partial charge on any atom is 0.353 e. The van der Waals surface area contributed by atoms with Crippen molar-refractivity contribution in [2.45, 2.75) is 56.2 Å². The Kier molecular flexibility index (Phi) is 7.72. The Morgan fingerprint density at radius 3 is 2.59 bits per heavy atom. The van der Waals surface area contributed by atoms with Crippen LogP contribution in [-0.4, -0.2) is 117 Å².